The molecule has 3 aromatic rings. The zero-order valence-electron chi connectivity index (χ0n) is 17.3. The van der Waals surface area contributed by atoms with E-state index in [0.717, 1.165) is 43.2 Å². The second kappa shape index (κ2) is 8.63. The first-order chi connectivity index (χ1) is 14.8. The maximum absolute atomic E-state index is 12.9. The van der Waals surface area contributed by atoms with E-state index in [-0.39, 0.29) is 5.69 Å². The van der Waals surface area contributed by atoms with Crippen LogP contribution >= 0.6 is 0 Å². The molecule has 0 unspecified atom stereocenters. The Labute approximate surface area is 178 Å². The zero-order valence-corrected chi connectivity index (χ0v) is 17.3. The van der Waals surface area contributed by atoms with Crippen LogP contribution in [0, 0.1) is 0 Å². The van der Waals surface area contributed by atoms with Gasteiger partial charge in [0.05, 0.1) is 16.6 Å². The Kier molecular flexibility index (Phi) is 5.91. The lowest BCUT2D eigenvalue weighted by Gasteiger charge is -2.36. The molecule has 2 aromatic carbocycles. The van der Waals surface area contributed by atoms with Crippen LogP contribution in [0.1, 0.15) is 12.0 Å². The molecule has 0 saturated carbocycles. The van der Waals surface area contributed by atoms with E-state index in [0.29, 0.717) is 18.8 Å². The summed E-state index contributed by atoms with van der Waals surface area (Å²) in [5.41, 5.74) is 1.70. The average Bonchev–Trinajstić information content (AvgIpc) is 3.01. The summed E-state index contributed by atoms with van der Waals surface area (Å²) in [6.45, 7) is 3.80. The molecule has 0 bridgehead atoms. The van der Waals surface area contributed by atoms with E-state index >= 15 is 0 Å². The highest BCUT2D eigenvalue weighted by atomic mass is 19.4. The Hall–Kier alpha value is -3.00. The summed E-state index contributed by atoms with van der Waals surface area (Å²) in [5.74, 6) is 0. The number of fused-ring (bicyclic) bond motifs is 1. The molecule has 0 radical (unpaired) electrons. The van der Waals surface area contributed by atoms with Crippen LogP contribution in [0.2, 0.25) is 0 Å². The fourth-order valence-corrected chi connectivity index (χ4v) is 4.01. The topological polar surface area (TPSA) is 33.4 Å². The zero-order chi connectivity index (χ0) is 22.0. The van der Waals surface area contributed by atoms with Crippen molar-refractivity contribution in [1.29, 1.82) is 0 Å². The van der Waals surface area contributed by atoms with Gasteiger partial charge in [0.2, 0.25) is 0 Å². The second-order valence-corrected chi connectivity index (χ2v) is 7.75. The van der Waals surface area contributed by atoms with Crippen LogP contribution in [0.15, 0.2) is 59.4 Å². The van der Waals surface area contributed by atoms with Gasteiger partial charge >= 0.3 is 11.9 Å². The van der Waals surface area contributed by atoms with E-state index < -0.39 is 11.7 Å². The molecule has 0 N–H and O–H groups in total. The third-order valence-corrected chi connectivity index (χ3v) is 5.77. The number of hydrogen-bond acceptors (Lipinski definition) is 3. The Morgan fingerprint density at radius 2 is 1.68 bits per heavy atom. The highest BCUT2D eigenvalue weighted by Crippen LogP contribution is 2.31. The third-order valence-electron chi connectivity index (χ3n) is 5.77. The minimum Gasteiger partial charge on any atom is -0.369 e. The van der Waals surface area contributed by atoms with Crippen LogP contribution in [-0.2, 0) is 13.2 Å². The SMILES string of the molecule is Cn1c(=O)n(/C=C\CCN2CCN(c3cccc(C(F)(F)F)c3)CC2)c2ccccc21. The van der Waals surface area contributed by atoms with Crippen molar-refractivity contribution in [3.63, 3.8) is 0 Å². The predicted molar refractivity (Wildman–Crippen MR) is 117 cm³/mol. The summed E-state index contributed by atoms with van der Waals surface area (Å²) in [6.07, 6.45) is 0.284. The molecule has 4 rings (SSSR count). The molecular weight excluding hydrogens is 405 g/mol. The molecule has 0 aliphatic carbocycles. The van der Waals surface area contributed by atoms with Crippen molar-refractivity contribution in [3.8, 4) is 0 Å². The van der Waals surface area contributed by atoms with Crippen molar-refractivity contribution in [2.24, 2.45) is 7.05 Å². The molecule has 5 nitrogen and oxygen atoms in total. The van der Waals surface area contributed by atoms with Crippen molar-refractivity contribution in [2.45, 2.75) is 12.6 Å². The van der Waals surface area contributed by atoms with Gasteiger partial charge in [-0.2, -0.15) is 13.2 Å². The normalized spacial score (nSPS) is 15.9. The minimum atomic E-state index is -4.32. The summed E-state index contributed by atoms with van der Waals surface area (Å²) in [7, 11) is 1.76. The summed E-state index contributed by atoms with van der Waals surface area (Å²) in [4.78, 5) is 16.7. The van der Waals surface area contributed by atoms with Crippen LogP contribution in [0.4, 0.5) is 18.9 Å². The highest BCUT2D eigenvalue weighted by molar-refractivity contribution is 5.77. The smallest absolute Gasteiger partial charge is 0.369 e. The number of halogens is 3. The van der Waals surface area contributed by atoms with Crippen molar-refractivity contribution in [1.82, 2.24) is 14.0 Å². The van der Waals surface area contributed by atoms with Gasteiger partial charge in [0.25, 0.3) is 0 Å². The van der Waals surface area contributed by atoms with Gasteiger partial charge in [-0.3, -0.25) is 14.0 Å². The molecule has 0 spiro atoms. The molecule has 164 valence electrons. The summed E-state index contributed by atoms with van der Waals surface area (Å²) in [6, 6.07) is 13.2. The molecular formula is C23H25F3N4O. The fourth-order valence-electron chi connectivity index (χ4n) is 4.01. The van der Waals surface area contributed by atoms with Gasteiger partial charge in [0, 0.05) is 51.7 Å². The Morgan fingerprint density at radius 3 is 2.39 bits per heavy atom. The van der Waals surface area contributed by atoms with Crippen LogP contribution in [0.3, 0.4) is 0 Å². The van der Waals surface area contributed by atoms with E-state index in [1.54, 1.807) is 22.2 Å². The maximum atomic E-state index is 12.9. The number of para-hydroxylation sites is 2. The quantitative estimate of drug-likeness (QED) is 0.613. The molecule has 0 amide bonds. The average molecular weight is 430 g/mol. The number of nitrogens with zero attached hydrogens (tertiary/aromatic N) is 4. The molecule has 31 heavy (non-hydrogen) atoms. The number of alkyl halides is 3. The lowest BCUT2D eigenvalue weighted by atomic mass is 10.1. The molecule has 0 atom stereocenters. The van der Waals surface area contributed by atoms with Gasteiger partial charge in [0.1, 0.15) is 0 Å². The Bertz CT molecular complexity index is 1140. The number of rotatable bonds is 5. The van der Waals surface area contributed by atoms with E-state index in [1.807, 2.05) is 41.4 Å². The largest absolute Gasteiger partial charge is 0.416 e. The van der Waals surface area contributed by atoms with Crippen molar-refractivity contribution >= 4 is 22.9 Å². The van der Waals surface area contributed by atoms with Gasteiger partial charge in [-0.05, 0) is 36.8 Å². The lowest BCUT2D eigenvalue weighted by Crippen LogP contribution is -2.46. The molecule has 1 aliphatic heterocycles. The van der Waals surface area contributed by atoms with Crippen LogP contribution < -0.4 is 10.6 Å². The number of aromatic nitrogens is 2. The van der Waals surface area contributed by atoms with Gasteiger partial charge in [0.15, 0.2) is 0 Å². The number of piperazine rings is 1. The number of benzene rings is 2. The Balaban J connectivity index is 1.32. The molecule has 2 heterocycles. The van der Waals surface area contributed by atoms with Crippen LogP contribution in [0.5, 0.6) is 0 Å². The highest BCUT2D eigenvalue weighted by Gasteiger charge is 2.31. The van der Waals surface area contributed by atoms with Gasteiger partial charge in [-0.15, -0.1) is 0 Å². The molecule has 8 heteroatoms. The minimum absolute atomic E-state index is 0.0767. The first-order valence-electron chi connectivity index (χ1n) is 10.3. The maximum Gasteiger partial charge on any atom is 0.416 e. The lowest BCUT2D eigenvalue weighted by molar-refractivity contribution is -0.137. The summed E-state index contributed by atoms with van der Waals surface area (Å²) < 4.78 is 42.1. The molecule has 1 aromatic heterocycles. The van der Waals surface area contributed by atoms with E-state index in [2.05, 4.69) is 4.90 Å². The first-order valence-corrected chi connectivity index (χ1v) is 10.3. The van der Waals surface area contributed by atoms with Crippen molar-refractivity contribution < 1.29 is 13.2 Å². The first kappa shape index (κ1) is 21.2. The second-order valence-electron chi connectivity index (χ2n) is 7.75. The Morgan fingerprint density at radius 1 is 0.968 bits per heavy atom. The number of anilines is 1. The van der Waals surface area contributed by atoms with E-state index in [4.69, 9.17) is 0 Å². The van der Waals surface area contributed by atoms with Crippen LogP contribution in [0.25, 0.3) is 17.2 Å². The van der Waals surface area contributed by atoms with Crippen molar-refractivity contribution in [3.05, 3.63) is 70.7 Å². The number of hydrogen-bond donors (Lipinski definition) is 0. The number of aryl methyl sites for hydroxylation is 1. The summed E-state index contributed by atoms with van der Waals surface area (Å²) >= 11 is 0. The summed E-state index contributed by atoms with van der Waals surface area (Å²) in [5, 5.41) is 0. The third kappa shape index (κ3) is 4.54. The number of imidazole rings is 1. The van der Waals surface area contributed by atoms with Crippen LogP contribution in [-0.4, -0.2) is 46.8 Å². The van der Waals surface area contributed by atoms with Crippen molar-refractivity contribution in [2.75, 3.05) is 37.6 Å². The van der Waals surface area contributed by atoms with Gasteiger partial charge < -0.3 is 4.90 Å². The fraction of sp³-hybridized carbons (Fsp3) is 0.348. The molecule has 1 fully saturated rings. The van der Waals surface area contributed by atoms with E-state index in [1.165, 1.54) is 12.1 Å². The molecule has 1 saturated heterocycles. The van der Waals surface area contributed by atoms with E-state index in [9.17, 15) is 18.0 Å². The van der Waals surface area contributed by atoms with Gasteiger partial charge in [-0.1, -0.05) is 24.3 Å². The van der Waals surface area contributed by atoms with Gasteiger partial charge in [-0.25, -0.2) is 4.79 Å². The molecule has 1 aliphatic rings. The predicted octanol–water partition coefficient (Wildman–Crippen LogP) is 4.04. The monoisotopic (exact) mass is 430 g/mol. The standard InChI is InChI=1S/C23H25F3N4O/c1-27-20-9-2-3-10-21(20)30(22(27)31)12-5-4-11-28-13-15-29(16-14-28)19-8-6-7-18(17-19)23(24,25)26/h2-3,5-10,12,17H,4,11,13-16H2,1H3/b12-5-.